The molecule has 0 fully saturated rings. The van der Waals surface area contributed by atoms with E-state index < -0.39 is 0 Å². The van der Waals surface area contributed by atoms with Gasteiger partial charge in [-0.1, -0.05) is 5.92 Å². The third kappa shape index (κ3) is 3.98. The van der Waals surface area contributed by atoms with E-state index in [2.05, 4.69) is 5.92 Å². The molecule has 0 heterocycles. The monoisotopic (exact) mass is 129 g/mol. The summed E-state index contributed by atoms with van der Waals surface area (Å²) < 4.78 is 4.88. The van der Waals surface area contributed by atoms with Crippen LogP contribution in [0.4, 0.5) is 0 Å². The Labute approximate surface area is 54.8 Å². The first kappa shape index (κ1) is 8.44. The van der Waals surface area contributed by atoms with Gasteiger partial charge in [0.2, 0.25) is 0 Å². The van der Waals surface area contributed by atoms with Crippen molar-refractivity contribution in [2.24, 2.45) is 5.73 Å². The lowest BCUT2D eigenvalue weighted by Crippen LogP contribution is -2.27. The highest BCUT2D eigenvalue weighted by Crippen LogP contribution is 1.85. The van der Waals surface area contributed by atoms with E-state index in [1.807, 2.05) is 0 Å². The number of aliphatic hydroxyl groups is 1. The van der Waals surface area contributed by atoms with Gasteiger partial charge in [-0.15, -0.1) is 6.42 Å². The molecule has 3 nitrogen and oxygen atoms in total. The SMILES string of the molecule is C#CCOC(CN)CO. The van der Waals surface area contributed by atoms with E-state index in [0.717, 1.165) is 0 Å². The Bertz CT molecular complexity index is 93.7. The highest BCUT2D eigenvalue weighted by Gasteiger charge is 2.01. The topological polar surface area (TPSA) is 55.5 Å². The fourth-order valence-electron chi connectivity index (χ4n) is 0.361. The number of terminal acetylenes is 1. The van der Waals surface area contributed by atoms with Gasteiger partial charge in [-0.05, 0) is 0 Å². The van der Waals surface area contributed by atoms with E-state index in [9.17, 15) is 0 Å². The maximum Gasteiger partial charge on any atom is 0.108 e. The predicted molar refractivity (Wildman–Crippen MR) is 34.7 cm³/mol. The Morgan fingerprint density at radius 1 is 1.78 bits per heavy atom. The van der Waals surface area contributed by atoms with Crippen LogP contribution < -0.4 is 5.73 Å². The molecule has 0 aromatic rings. The molecule has 0 rings (SSSR count). The van der Waals surface area contributed by atoms with Gasteiger partial charge < -0.3 is 15.6 Å². The first-order chi connectivity index (χ1) is 4.35. The summed E-state index contributed by atoms with van der Waals surface area (Å²) in [5.74, 6) is 2.28. The fraction of sp³-hybridized carbons (Fsp3) is 0.667. The summed E-state index contributed by atoms with van der Waals surface area (Å²) in [6.45, 7) is 0.443. The molecule has 52 valence electrons. The summed E-state index contributed by atoms with van der Waals surface area (Å²) in [4.78, 5) is 0. The molecule has 1 unspecified atom stereocenters. The maximum absolute atomic E-state index is 8.48. The molecule has 0 aliphatic carbocycles. The van der Waals surface area contributed by atoms with Crippen LogP contribution in [-0.2, 0) is 4.74 Å². The van der Waals surface area contributed by atoms with Gasteiger partial charge in [0.15, 0.2) is 0 Å². The summed E-state index contributed by atoms with van der Waals surface area (Å²) in [6.07, 6.45) is 4.58. The van der Waals surface area contributed by atoms with Gasteiger partial charge >= 0.3 is 0 Å². The second kappa shape index (κ2) is 5.57. The zero-order valence-electron chi connectivity index (χ0n) is 5.21. The molecule has 3 N–H and O–H groups in total. The number of rotatable bonds is 4. The zero-order valence-corrected chi connectivity index (χ0v) is 5.21. The number of aliphatic hydroxyl groups excluding tert-OH is 1. The van der Waals surface area contributed by atoms with Crippen LogP contribution in [0.1, 0.15) is 0 Å². The number of hydrogen-bond donors (Lipinski definition) is 2. The molecule has 0 spiro atoms. The normalized spacial score (nSPS) is 12.6. The van der Waals surface area contributed by atoms with Gasteiger partial charge in [-0.3, -0.25) is 0 Å². The molecule has 0 saturated carbocycles. The standard InChI is InChI=1S/C6H11NO2/c1-2-3-9-6(4-7)5-8/h1,6,8H,3-5,7H2. The van der Waals surface area contributed by atoms with E-state index >= 15 is 0 Å². The Kier molecular flexibility index (Phi) is 5.23. The van der Waals surface area contributed by atoms with Gasteiger partial charge in [-0.25, -0.2) is 0 Å². The number of ether oxygens (including phenoxy) is 1. The molecule has 0 aromatic heterocycles. The average molecular weight is 129 g/mol. The Morgan fingerprint density at radius 2 is 2.44 bits per heavy atom. The van der Waals surface area contributed by atoms with E-state index in [0.29, 0.717) is 6.54 Å². The van der Waals surface area contributed by atoms with Crippen molar-refractivity contribution in [2.45, 2.75) is 6.10 Å². The van der Waals surface area contributed by atoms with Gasteiger partial charge in [0.1, 0.15) is 6.61 Å². The summed E-state index contributed by atoms with van der Waals surface area (Å²) in [7, 11) is 0. The minimum Gasteiger partial charge on any atom is -0.394 e. The molecule has 0 saturated heterocycles. The maximum atomic E-state index is 8.48. The highest BCUT2D eigenvalue weighted by atomic mass is 16.5. The third-order valence-corrected chi connectivity index (χ3v) is 0.869. The quantitative estimate of drug-likeness (QED) is 0.476. The van der Waals surface area contributed by atoms with Gasteiger partial charge in [-0.2, -0.15) is 0 Å². The van der Waals surface area contributed by atoms with Crippen LogP contribution in [0.3, 0.4) is 0 Å². The average Bonchev–Trinajstić information content (AvgIpc) is 1.91. The minimum atomic E-state index is -0.305. The van der Waals surface area contributed by atoms with E-state index in [-0.39, 0.29) is 19.3 Å². The lowest BCUT2D eigenvalue weighted by molar-refractivity contribution is 0.0373. The lowest BCUT2D eigenvalue weighted by atomic mass is 10.4. The van der Waals surface area contributed by atoms with E-state index in [1.165, 1.54) is 0 Å². The largest absolute Gasteiger partial charge is 0.394 e. The number of hydrogen-bond acceptors (Lipinski definition) is 3. The van der Waals surface area contributed by atoms with Crippen molar-refractivity contribution in [3.05, 3.63) is 0 Å². The van der Waals surface area contributed by atoms with Crippen molar-refractivity contribution in [1.82, 2.24) is 0 Å². The van der Waals surface area contributed by atoms with Crippen molar-refractivity contribution >= 4 is 0 Å². The molecule has 0 bridgehead atoms. The molecule has 0 aliphatic heterocycles. The second-order valence-corrected chi connectivity index (χ2v) is 1.56. The van der Waals surface area contributed by atoms with E-state index in [1.54, 1.807) is 0 Å². The second-order valence-electron chi connectivity index (χ2n) is 1.56. The van der Waals surface area contributed by atoms with Crippen molar-refractivity contribution in [3.8, 4) is 12.3 Å². The Hall–Kier alpha value is -0.560. The van der Waals surface area contributed by atoms with Crippen LogP contribution in [-0.4, -0.2) is 31.0 Å². The first-order valence-corrected chi connectivity index (χ1v) is 2.71. The molecule has 0 aliphatic rings. The van der Waals surface area contributed by atoms with Gasteiger partial charge in [0.05, 0.1) is 12.7 Å². The van der Waals surface area contributed by atoms with Crippen molar-refractivity contribution in [1.29, 1.82) is 0 Å². The van der Waals surface area contributed by atoms with Crippen LogP contribution >= 0.6 is 0 Å². The van der Waals surface area contributed by atoms with Gasteiger partial charge in [0, 0.05) is 6.54 Å². The molecular formula is C6H11NO2. The molecule has 0 radical (unpaired) electrons. The summed E-state index contributed by atoms with van der Waals surface area (Å²) in [5.41, 5.74) is 5.17. The van der Waals surface area contributed by atoms with Crippen LogP contribution in [0.2, 0.25) is 0 Å². The van der Waals surface area contributed by atoms with Crippen LogP contribution in [0, 0.1) is 12.3 Å². The lowest BCUT2D eigenvalue weighted by Gasteiger charge is -2.09. The fourth-order valence-corrected chi connectivity index (χ4v) is 0.361. The van der Waals surface area contributed by atoms with Crippen LogP contribution in [0.5, 0.6) is 0 Å². The molecule has 9 heavy (non-hydrogen) atoms. The summed E-state index contributed by atoms with van der Waals surface area (Å²) in [5, 5.41) is 8.48. The predicted octanol–water partition coefficient (Wildman–Crippen LogP) is -1.04. The molecule has 3 heteroatoms. The molecule has 1 atom stereocenters. The van der Waals surface area contributed by atoms with Crippen molar-refractivity contribution < 1.29 is 9.84 Å². The van der Waals surface area contributed by atoms with Gasteiger partial charge in [0.25, 0.3) is 0 Å². The Morgan fingerprint density at radius 3 is 2.78 bits per heavy atom. The molecule has 0 aromatic carbocycles. The minimum absolute atomic E-state index is 0.0713. The van der Waals surface area contributed by atoms with E-state index in [4.69, 9.17) is 22.0 Å². The third-order valence-electron chi connectivity index (χ3n) is 0.869. The molecule has 0 amide bonds. The smallest absolute Gasteiger partial charge is 0.108 e. The van der Waals surface area contributed by atoms with Crippen molar-refractivity contribution in [3.63, 3.8) is 0 Å². The zero-order chi connectivity index (χ0) is 7.11. The van der Waals surface area contributed by atoms with Crippen molar-refractivity contribution in [2.75, 3.05) is 19.8 Å². The highest BCUT2D eigenvalue weighted by molar-refractivity contribution is 4.83. The van der Waals surface area contributed by atoms with Crippen LogP contribution in [0.25, 0.3) is 0 Å². The first-order valence-electron chi connectivity index (χ1n) is 2.71. The summed E-state index contributed by atoms with van der Waals surface area (Å²) >= 11 is 0. The van der Waals surface area contributed by atoms with Crippen LogP contribution in [0.15, 0.2) is 0 Å². The summed E-state index contributed by atoms with van der Waals surface area (Å²) in [6, 6.07) is 0. The molecular weight excluding hydrogens is 118 g/mol. The number of nitrogens with two attached hydrogens (primary N) is 1. The Balaban J connectivity index is 3.22.